The van der Waals surface area contributed by atoms with Crippen LogP contribution < -0.4 is 20.1 Å². The fourth-order valence-electron chi connectivity index (χ4n) is 3.88. The number of hydrogen-bond donors (Lipinski definition) is 3. The highest BCUT2D eigenvalue weighted by atomic mass is 19.4. The highest BCUT2D eigenvalue weighted by molar-refractivity contribution is 6.02. The molecule has 3 N–H and O–H groups in total. The number of nitrogens with one attached hydrogen (secondary N) is 2. The third-order valence-corrected chi connectivity index (χ3v) is 6.29. The molecule has 0 radical (unpaired) electrons. The maximum Gasteiger partial charge on any atom is 0.471 e. The van der Waals surface area contributed by atoms with Crippen LogP contribution in [0.15, 0.2) is 24.3 Å². The molecule has 1 heterocycles. The number of aromatic carboxylic acids is 1. The number of nitrogens with zero attached hydrogens (tertiary/aromatic N) is 4. The average Bonchev–Trinajstić information content (AvgIpc) is 2.99. The zero-order valence-corrected chi connectivity index (χ0v) is 24.7. The first-order valence-corrected chi connectivity index (χ1v) is 12.8. The Labute approximate surface area is 264 Å². The second-order valence-corrected chi connectivity index (χ2v) is 9.46. The summed E-state index contributed by atoms with van der Waals surface area (Å²) in [5.74, 6) is -7.76. The van der Waals surface area contributed by atoms with E-state index in [2.05, 4.69) is 4.74 Å². The second-order valence-electron chi connectivity index (χ2n) is 9.46. The van der Waals surface area contributed by atoms with Gasteiger partial charge in [0.1, 0.15) is 22.6 Å². The summed E-state index contributed by atoms with van der Waals surface area (Å²) >= 11 is 0. The molecule has 3 rings (SSSR count). The van der Waals surface area contributed by atoms with E-state index in [0.29, 0.717) is 44.4 Å². The lowest BCUT2D eigenvalue weighted by Crippen LogP contribution is -2.47. The van der Waals surface area contributed by atoms with Crippen molar-refractivity contribution in [3.63, 3.8) is 0 Å². The van der Waals surface area contributed by atoms with Crippen LogP contribution in [0.5, 0.6) is 11.5 Å². The number of piperazine rings is 1. The summed E-state index contributed by atoms with van der Waals surface area (Å²) in [7, 11) is 3.97. The number of carbonyl (C=O) groups excluding carboxylic acids is 3. The van der Waals surface area contributed by atoms with Gasteiger partial charge in [-0.2, -0.15) is 26.3 Å². The van der Waals surface area contributed by atoms with E-state index in [0.717, 1.165) is 20.3 Å². The van der Waals surface area contributed by atoms with E-state index >= 15 is 0 Å². The summed E-state index contributed by atoms with van der Waals surface area (Å²) < 4.78 is 83.4. The van der Waals surface area contributed by atoms with Crippen molar-refractivity contribution in [1.82, 2.24) is 9.80 Å². The molecule has 48 heavy (non-hydrogen) atoms. The van der Waals surface area contributed by atoms with Crippen molar-refractivity contribution in [2.75, 3.05) is 58.1 Å². The minimum atomic E-state index is -5.22. The number of amides is 3. The number of carbonyl (C=O) groups is 4. The number of anilines is 2. The number of carboxylic acid groups (broad SMARTS) is 1. The standard InChI is InChI=1S/C15H17F3N4O5.C10H7F3N2O6/c1-20-3-5-21(6-4-20)13(23)9-7-12(27-2)10(8-11(9)22(25)26)19-14(24)15(16,17)18;1-21-7-2-4(8(16)17)6(15(19)20)3-5(7)14-9(18)10(11,12)13/h7-8H,3-6H2,1-2H3,(H,19,24);2-3H,1H3,(H,14,18)(H,16,17). The number of carboxylic acids is 1. The van der Waals surface area contributed by atoms with E-state index in [1.165, 1.54) is 15.5 Å². The van der Waals surface area contributed by atoms with Gasteiger partial charge in [0.15, 0.2) is 0 Å². The number of nitro groups is 2. The monoisotopic (exact) mass is 698 g/mol. The quantitative estimate of drug-likeness (QED) is 0.205. The number of rotatable bonds is 8. The maximum absolute atomic E-state index is 12.7. The third kappa shape index (κ3) is 9.63. The van der Waals surface area contributed by atoms with Crippen molar-refractivity contribution in [1.29, 1.82) is 0 Å². The molecule has 0 spiro atoms. The first-order valence-electron chi connectivity index (χ1n) is 12.8. The summed E-state index contributed by atoms with van der Waals surface area (Å²) in [6.45, 7) is 1.86. The molecule has 17 nitrogen and oxygen atoms in total. The lowest BCUT2D eigenvalue weighted by Gasteiger charge is -2.32. The smallest absolute Gasteiger partial charge is 0.471 e. The van der Waals surface area contributed by atoms with Crippen molar-refractivity contribution < 1.29 is 69.9 Å². The summed E-state index contributed by atoms with van der Waals surface area (Å²) in [4.78, 5) is 69.0. The Hall–Kier alpha value is -5.74. The van der Waals surface area contributed by atoms with E-state index in [-0.39, 0.29) is 11.3 Å². The highest BCUT2D eigenvalue weighted by Gasteiger charge is 2.41. The van der Waals surface area contributed by atoms with E-state index < -0.39 is 80.0 Å². The Morgan fingerprint density at radius 2 is 1.12 bits per heavy atom. The molecule has 0 bridgehead atoms. The number of halogens is 6. The average molecular weight is 698 g/mol. The van der Waals surface area contributed by atoms with Gasteiger partial charge in [-0.3, -0.25) is 34.6 Å². The van der Waals surface area contributed by atoms with Crippen LogP contribution >= 0.6 is 0 Å². The molecule has 1 aliphatic heterocycles. The summed E-state index contributed by atoms with van der Waals surface area (Å²) in [5.41, 5.74) is -4.05. The molecule has 0 aromatic heterocycles. The zero-order chi connectivity index (χ0) is 36.7. The van der Waals surface area contributed by atoms with Crippen molar-refractivity contribution in [2.45, 2.75) is 12.4 Å². The van der Waals surface area contributed by atoms with Crippen molar-refractivity contribution in [3.05, 3.63) is 55.6 Å². The van der Waals surface area contributed by atoms with Gasteiger partial charge in [0.2, 0.25) is 0 Å². The minimum absolute atomic E-state index is 0.296. The number of nitro benzene ring substituents is 2. The highest BCUT2D eigenvalue weighted by Crippen LogP contribution is 2.36. The van der Waals surface area contributed by atoms with Gasteiger partial charge in [0, 0.05) is 50.4 Å². The van der Waals surface area contributed by atoms with Gasteiger partial charge in [-0.1, -0.05) is 0 Å². The second kappa shape index (κ2) is 15.2. The SMILES string of the molecule is COc1cc(C(=O)N2CCN(C)CC2)c([N+](=O)[O-])cc1NC(=O)C(F)(F)F.COc1cc(C(=O)O)c([N+](=O)[O-])cc1NC(=O)C(F)(F)F. The van der Waals surface area contributed by atoms with Crippen LogP contribution in [0.2, 0.25) is 0 Å². The molecule has 0 atom stereocenters. The first-order chi connectivity index (χ1) is 22.1. The van der Waals surface area contributed by atoms with Crippen molar-refractivity contribution >= 4 is 46.4 Å². The van der Waals surface area contributed by atoms with Crippen molar-refractivity contribution in [2.24, 2.45) is 0 Å². The molecule has 2 aromatic rings. The maximum atomic E-state index is 12.7. The summed E-state index contributed by atoms with van der Waals surface area (Å²) in [6.07, 6.45) is -10.4. The van der Waals surface area contributed by atoms with Gasteiger partial charge in [-0.05, 0) is 7.05 Å². The molecular weight excluding hydrogens is 674 g/mol. The Morgan fingerprint density at radius 3 is 1.46 bits per heavy atom. The lowest BCUT2D eigenvalue weighted by molar-refractivity contribution is -0.385. The third-order valence-electron chi connectivity index (χ3n) is 6.29. The normalized spacial score (nSPS) is 13.4. The number of benzene rings is 2. The van der Waals surface area contributed by atoms with Gasteiger partial charge in [0.25, 0.3) is 17.3 Å². The Kier molecular flexibility index (Phi) is 12.2. The molecule has 262 valence electrons. The van der Waals surface area contributed by atoms with Gasteiger partial charge >= 0.3 is 30.1 Å². The van der Waals surface area contributed by atoms with Crippen LogP contribution in [0.4, 0.5) is 49.1 Å². The van der Waals surface area contributed by atoms with Crippen molar-refractivity contribution in [3.8, 4) is 11.5 Å². The van der Waals surface area contributed by atoms with Gasteiger partial charge in [0.05, 0.1) is 35.4 Å². The van der Waals surface area contributed by atoms with Gasteiger partial charge in [-0.25, -0.2) is 4.79 Å². The van der Waals surface area contributed by atoms with E-state index in [1.807, 2.05) is 11.9 Å². The Balaban J connectivity index is 0.000000345. The molecule has 0 aliphatic carbocycles. The van der Waals surface area contributed by atoms with Crippen LogP contribution in [0.1, 0.15) is 20.7 Å². The number of alkyl halides is 6. The molecule has 2 aromatic carbocycles. The topological polar surface area (TPSA) is 224 Å². The molecule has 1 aliphatic rings. The van der Waals surface area contributed by atoms with Gasteiger partial charge in [-0.15, -0.1) is 0 Å². The predicted molar refractivity (Wildman–Crippen MR) is 149 cm³/mol. The molecule has 0 saturated carbocycles. The summed E-state index contributed by atoms with van der Waals surface area (Å²) in [5, 5.41) is 33.8. The van der Waals surface area contributed by atoms with E-state index in [1.54, 1.807) is 0 Å². The molecular formula is C25H24F6N6O11. The zero-order valence-electron chi connectivity index (χ0n) is 24.7. The molecule has 3 amide bonds. The molecule has 1 saturated heterocycles. The minimum Gasteiger partial charge on any atom is -0.495 e. The van der Waals surface area contributed by atoms with Crippen LogP contribution in [-0.4, -0.2) is 108 Å². The fourth-order valence-corrected chi connectivity index (χ4v) is 3.88. The first kappa shape index (κ1) is 38.4. The molecule has 0 unspecified atom stereocenters. The van der Waals surface area contributed by atoms with Crippen LogP contribution in [0, 0.1) is 20.2 Å². The van der Waals surface area contributed by atoms with Gasteiger partial charge < -0.3 is 35.0 Å². The van der Waals surface area contributed by atoms with Crippen LogP contribution in [-0.2, 0) is 9.59 Å². The summed E-state index contributed by atoms with van der Waals surface area (Å²) in [6, 6.07) is 2.77. The van der Waals surface area contributed by atoms with E-state index in [9.17, 15) is 65.7 Å². The Morgan fingerprint density at radius 1 is 0.750 bits per heavy atom. The van der Waals surface area contributed by atoms with E-state index in [4.69, 9.17) is 9.84 Å². The fraction of sp³-hybridized carbons (Fsp3) is 0.360. The largest absolute Gasteiger partial charge is 0.495 e. The van der Waals surface area contributed by atoms with Crippen LogP contribution in [0.3, 0.4) is 0 Å². The molecule has 23 heteroatoms. The lowest BCUT2D eigenvalue weighted by atomic mass is 10.1. The Bertz CT molecular complexity index is 1610. The molecule has 1 fully saturated rings. The predicted octanol–water partition coefficient (Wildman–Crippen LogP) is 3.29. The number of hydrogen-bond acceptors (Lipinski definition) is 11. The number of methoxy groups -OCH3 is 2. The van der Waals surface area contributed by atoms with Crippen LogP contribution in [0.25, 0.3) is 0 Å². The number of ether oxygens (including phenoxy) is 2. The number of likely N-dealkylation sites (N-methyl/N-ethyl adjacent to an activating group) is 1.